The van der Waals surface area contributed by atoms with Gasteiger partial charge in [-0.1, -0.05) is 5.16 Å². The zero-order valence-corrected chi connectivity index (χ0v) is 12.6. The number of benzene rings is 1. The van der Waals surface area contributed by atoms with E-state index in [0.717, 1.165) is 6.07 Å². The van der Waals surface area contributed by atoms with E-state index in [1.807, 2.05) is 0 Å². The van der Waals surface area contributed by atoms with Crippen molar-refractivity contribution in [3.8, 4) is 11.4 Å². The van der Waals surface area contributed by atoms with Crippen LogP contribution in [0.3, 0.4) is 0 Å². The summed E-state index contributed by atoms with van der Waals surface area (Å²) in [6.45, 7) is 1.42. The minimum absolute atomic E-state index is 0.0873. The standard InChI is InChI=1S/C16H12FN3O4/c1-9-6-11(7-13(21)18-9)16(22)23-8-14-19-15(20-24-14)10-2-4-12(17)5-3-10/h2-7H,8H2,1H3,(H,18,21). The summed E-state index contributed by atoms with van der Waals surface area (Å²) in [5.74, 6) is -0.701. The second-order valence-corrected chi connectivity index (χ2v) is 5.01. The molecule has 2 heterocycles. The molecule has 0 fully saturated rings. The van der Waals surface area contributed by atoms with Crippen molar-refractivity contribution in [1.82, 2.24) is 15.1 Å². The number of aryl methyl sites for hydroxylation is 1. The van der Waals surface area contributed by atoms with Gasteiger partial charge in [0.2, 0.25) is 11.4 Å². The van der Waals surface area contributed by atoms with Crippen LogP contribution in [0.25, 0.3) is 11.4 Å². The van der Waals surface area contributed by atoms with Crippen LogP contribution in [0.15, 0.2) is 45.7 Å². The number of halogens is 1. The molecule has 1 aromatic carbocycles. The van der Waals surface area contributed by atoms with Crippen molar-refractivity contribution >= 4 is 5.97 Å². The second-order valence-electron chi connectivity index (χ2n) is 5.01. The van der Waals surface area contributed by atoms with Crippen LogP contribution < -0.4 is 5.56 Å². The highest BCUT2D eigenvalue weighted by molar-refractivity contribution is 5.89. The van der Waals surface area contributed by atoms with Crippen LogP contribution >= 0.6 is 0 Å². The third kappa shape index (κ3) is 3.54. The lowest BCUT2D eigenvalue weighted by molar-refractivity contribution is 0.0429. The zero-order valence-electron chi connectivity index (χ0n) is 12.6. The summed E-state index contributed by atoms with van der Waals surface area (Å²) in [6.07, 6.45) is 0. The number of hydrogen-bond donors (Lipinski definition) is 1. The molecular formula is C16H12FN3O4. The molecule has 0 bridgehead atoms. The molecule has 2 aromatic heterocycles. The molecule has 0 saturated heterocycles. The highest BCUT2D eigenvalue weighted by Crippen LogP contribution is 2.16. The summed E-state index contributed by atoms with van der Waals surface area (Å²) in [5, 5.41) is 3.74. The molecule has 24 heavy (non-hydrogen) atoms. The molecule has 0 amide bonds. The molecule has 0 aliphatic carbocycles. The minimum atomic E-state index is -0.675. The normalized spacial score (nSPS) is 10.6. The van der Waals surface area contributed by atoms with Crippen molar-refractivity contribution < 1.29 is 18.4 Å². The highest BCUT2D eigenvalue weighted by atomic mass is 19.1. The molecule has 0 aliphatic rings. The predicted molar refractivity (Wildman–Crippen MR) is 80.6 cm³/mol. The van der Waals surface area contributed by atoms with Crippen molar-refractivity contribution in [1.29, 1.82) is 0 Å². The van der Waals surface area contributed by atoms with Crippen LogP contribution in [0.5, 0.6) is 0 Å². The fourth-order valence-electron chi connectivity index (χ4n) is 2.04. The van der Waals surface area contributed by atoms with Gasteiger partial charge in [-0.25, -0.2) is 9.18 Å². The maximum atomic E-state index is 12.9. The molecule has 0 aliphatic heterocycles. The van der Waals surface area contributed by atoms with Gasteiger partial charge >= 0.3 is 5.97 Å². The average Bonchev–Trinajstić information content (AvgIpc) is 3.01. The number of rotatable bonds is 4. The smallest absolute Gasteiger partial charge is 0.338 e. The number of pyridine rings is 1. The zero-order chi connectivity index (χ0) is 17.1. The number of nitrogens with zero attached hydrogens (tertiary/aromatic N) is 2. The van der Waals surface area contributed by atoms with Gasteiger partial charge in [0.25, 0.3) is 5.89 Å². The van der Waals surface area contributed by atoms with Gasteiger partial charge in [0, 0.05) is 17.3 Å². The van der Waals surface area contributed by atoms with Crippen molar-refractivity contribution in [2.75, 3.05) is 0 Å². The van der Waals surface area contributed by atoms with E-state index in [0.29, 0.717) is 11.3 Å². The Hall–Kier alpha value is -3.29. The summed E-state index contributed by atoms with van der Waals surface area (Å²) < 4.78 is 22.9. The van der Waals surface area contributed by atoms with Crippen LogP contribution in [0.4, 0.5) is 4.39 Å². The molecule has 3 rings (SSSR count). The number of ether oxygens (including phenoxy) is 1. The Morgan fingerprint density at radius 2 is 2.04 bits per heavy atom. The molecule has 3 aromatic rings. The molecule has 1 N–H and O–H groups in total. The van der Waals surface area contributed by atoms with Crippen LogP contribution in [-0.2, 0) is 11.3 Å². The molecule has 0 unspecified atom stereocenters. The first-order valence-electron chi connectivity index (χ1n) is 6.98. The first-order valence-corrected chi connectivity index (χ1v) is 6.98. The largest absolute Gasteiger partial charge is 0.452 e. The second kappa shape index (κ2) is 6.45. The third-order valence-corrected chi connectivity index (χ3v) is 3.11. The summed E-state index contributed by atoms with van der Waals surface area (Å²) in [5.41, 5.74) is 0.863. The van der Waals surface area contributed by atoms with Gasteiger partial charge in [-0.15, -0.1) is 0 Å². The van der Waals surface area contributed by atoms with Gasteiger partial charge in [0.15, 0.2) is 6.61 Å². The lowest BCUT2D eigenvalue weighted by atomic mass is 10.2. The van der Waals surface area contributed by atoms with E-state index in [1.165, 1.54) is 30.3 Å². The summed E-state index contributed by atoms with van der Waals surface area (Å²) in [7, 11) is 0. The van der Waals surface area contributed by atoms with E-state index in [-0.39, 0.29) is 29.7 Å². The monoisotopic (exact) mass is 329 g/mol. The van der Waals surface area contributed by atoms with Crippen LogP contribution in [0.2, 0.25) is 0 Å². The number of hydrogen-bond acceptors (Lipinski definition) is 6. The Kier molecular flexibility index (Phi) is 4.19. The number of carbonyl (C=O) groups excluding carboxylic acids is 1. The first kappa shape index (κ1) is 15.6. The number of aromatic amines is 1. The average molecular weight is 329 g/mol. The fourth-order valence-corrected chi connectivity index (χ4v) is 2.04. The minimum Gasteiger partial charge on any atom is -0.452 e. The van der Waals surface area contributed by atoms with Crippen molar-refractivity contribution in [3.63, 3.8) is 0 Å². The maximum absolute atomic E-state index is 12.9. The van der Waals surface area contributed by atoms with Gasteiger partial charge in [-0.05, 0) is 37.3 Å². The lowest BCUT2D eigenvalue weighted by Crippen LogP contribution is -2.13. The van der Waals surface area contributed by atoms with Crippen molar-refractivity contribution in [2.24, 2.45) is 0 Å². The van der Waals surface area contributed by atoms with E-state index < -0.39 is 11.5 Å². The topological polar surface area (TPSA) is 98.1 Å². The van der Waals surface area contributed by atoms with Crippen LogP contribution in [0.1, 0.15) is 21.9 Å². The van der Waals surface area contributed by atoms with Gasteiger partial charge in [0.05, 0.1) is 5.56 Å². The molecule has 0 spiro atoms. The van der Waals surface area contributed by atoms with Gasteiger partial charge in [-0.3, -0.25) is 4.79 Å². The fraction of sp³-hybridized carbons (Fsp3) is 0.125. The Labute approximate surface area is 135 Å². The Bertz CT molecular complexity index is 931. The Morgan fingerprint density at radius 1 is 1.29 bits per heavy atom. The summed E-state index contributed by atoms with van der Waals surface area (Å²) >= 11 is 0. The summed E-state index contributed by atoms with van der Waals surface area (Å²) in [4.78, 5) is 29.9. The number of carbonyl (C=O) groups is 1. The van der Waals surface area contributed by atoms with Gasteiger partial charge in [-0.2, -0.15) is 4.98 Å². The van der Waals surface area contributed by atoms with Gasteiger partial charge in [0.1, 0.15) is 5.82 Å². The summed E-state index contributed by atoms with van der Waals surface area (Å²) in [6, 6.07) is 8.22. The predicted octanol–water partition coefficient (Wildman–Crippen LogP) is 2.23. The molecule has 0 saturated carbocycles. The number of aromatic nitrogens is 3. The number of nitrogens with one attached hydrogen (secondary N) is 1. The Balaban J connectivity index is 1.68. The van der Waals surface area contributed by atoms with Crippen LogP contribution in [0, 0.1) is 12.7 Å². The van der Waals surface area contributed by atoms with Crippen molar-refractivity contribution in [3.05, 3.63) is 69.7 Å². The van der Waals surface area contributed by atoms with E-state index in [9.17, 15) is 14.0 Å². The van der Waals surface area contributed by atoms with E-state index in [4.69, 9.17) is 9.26 Å². The number of esters is 1. The molecule has 0 radical (unpaired) electrons. The van der Waals surface area contributed by atoms with Crippen LogP contribution in [-0.4, -0.2) is 21.1 Å². The highest BCUT2D eigenvalue weighted by Gasteiger charge is 2.13. The Morgan fingerprint density at radius 3 is 2.75 bits per heavy atom. The van der Waals surface area contributed by atoms with Gasteiger partial charge < -0.3 is 14.2 Å². The lowest BCUT2D eigenvalue weighted by Gasteiger charge is -2.02. The molecule has 0 atom stereocenters. The molecule has 8 heteroatoms. The molecular weight excluding hydrogens is 317 g/mol. The third-order valence-electron chi connectivity index (χ3n) is 3.11. The quantitative estimate of drug-likeness (QED) is 0.737. The van der Waals surface area contributed by atoms with E-state index in [2.05, 4.69) is 15.1 Å². The van der Waals surface area contributed by atoms with Crippen molar-refractivity contribution in [2.45, 2.75) is 13.5 Å². The van der Waals surface area contributed by atoms with E-state index in [1.54, 1.807) is 6.92 Å². The molecule has 7 nitrogen and oxygen atoms in total. The molecule has 122 valence electrons. The number of H-pyrrole nitrogens is 1. The van der Waals surface area contributed by atoms with E-state index >= 15 is 0 Å². The first-order chi connectivity index (χ1) is 11.5. The maximum Gasteiger partial charge on any atom is 0.338 e. The SMILES string of the molecule is Cc1cc(C(=O)OCc2nc(-c3ccc(F)cc3)no2)cc(=O)[nH]1.